The van der Waals surface area contributed by atoms with E-state index in [1.165, 1.54) is 0 Å². The number of nitrogens with zero attached hydrogens (tertiary/aromatic N) is 2. The predicted octanol–water partition coefficient (Wildman–Crippen LogP) is 2.36. The standard InChI is InChI=1S/C20H31N3O2/c1-15-10-13-23(14-11-15)18(24)9-12-21-20(25)19(22(3)4)17-8-6-5-7-16(17)2/h5-8,15,19H,9-14H2,1-4H3,(H,21,25). The number of likely N-dealkylation sites (tertiary alicyclic amines) is 1. The van der Waals surface area contributed by atoms with Crippen molar-refractivity contribution in [3.05, 3.63) is 35.4 Å². The molecule has 1 aromatic rings. The van der Waals surface area contributed by atoms with Crippen molar-refractivity contribution < 1.29 is 9.59 Å². The summed E-state index contributed by atoms with van der Waals surface area (Å²) in [4.78, 5) is 28.8. The first-order chi connectivity index (χ1) is 11.9. The van der Waals surface area contributed by atoms with Crippen molar-refractivity contribution in [3.8, 4) is 0 Å². The van der Waals surface area contributed by atoms with E-state index in [0.717, 1.165) is 37.1 Å². The van der Waals surface area contributed by atoms with Gasteiger partial charge < -0.3 is 10.2 Å². The molecule has 25 heavy (non-hydrogen) atoms. The molecule has 0 aliphatic carbocycles. The molecule has 0 spiro atoms. The monoisotopic (exact) mass is 345 g/mol. The van der Waals surface area contributed by atoms with E-state index in [-0.39, 0.29) is 17.9 Å². The molecule has 1 fully saturated rings. The van der Waals surface area contributed by atoms with Gasteiger partial charge in [-0.25, -0.2) is 0 Å². The molecule has 1 saturated heterocycles. The summed E-state index contributed by atoms with van der Waals surface area (Å²) < 4.78 is 0. The number of hydrogen-bond acceptors (Lipinski definition) is 3. The van der Waals surface area contributed by atoms with Gasteiger partial charge in [0, 0.05) is 26.1 Å². The molecule has 1 N–H and O–H groups in total. The summed E-state index contributed by atoms with van der Waals surface area (Å²) in [5.74, 6) is 0.794. The molecule has 1 atom stereocenters. The van der Waals surface area contributed by atoms with Gasteiger partial charge in [0.1, 0.15) is 6.04 Å². The van der Waals surface area contributed by atoms with Crippen LogP contribution in [0.15, 0.2) is 24.3 Å². The van der Waals surface area contributed by atoms with E-state index in [2.05, 4.69) is 12.2 Å². The second-order valence-electron chi connectivity index (χ2n) is 7.33. The van der Waals surface area contributed by atoms with Crippen LogP contribution in [-0.2, 0) is 9.59 Å². The van der Waals surface area contributed by atoms with Crippen LogP contribution in [0.5, 0.6) is 0 Å². The van der Waals surface area contributed by atoms with E-state index in [1.807, 2.05) is 55.1 Å². The molecule has 0 saturated carbocycles. The van der Waals surface area contributed by atoms with Crippen molar-refractivity contribution in [2.45, 2.75) is 39.2 Å². The van der Waals surface area contributed by atoms with Crippen LogP contribution < -0.4 is 5.32 Å². The van der Waals surface area contributed by atoms with Gasteiger partial charge >= 0.3 is 0 Å². The summed E-state index contributed by atoms with van der Waals surface area (Å²) in [6, 6.07) is 7.58. The van der Waals surface area contributed by atoms with Crippen LogP contribution in [0.3, 0.4) is 0 Å². The highest BCUT2D eigenvalue weighted by Gasteiger charge is 2.25. The van der Waals surface area contributed by atoms with Crippen LogP contribution in [0, 0.1) is 12.8 Å². The molecule has 5 nitrogen and oxygen atoms in total. The topological polar surface area (TPSA) is 52.7 Å². The molecule has 138 valence electrons. The lowest BCUT2D eigenvalue weighted by molar-refractivity contribution is -0.132. The second-order valence-corrected chi connectivity index (χ2v) is 7.33. The summed E-state index contributed by atoms with van der Waals surface area (Å²) in [7, 11) is 3.80. The van der Waals surface area contributed by atoms with Crippen molar-refractivity contribution in [3.63, 3.8) is 0 Å². The summed E-state index contributed by atoms with van der Waals surface area (Å²) in [6.07, 6.45) is 2.52. The van der Waals surface area contributed by atoms with Crippen molar-refractivity contribution in [1.29, 1.82) is 0 Å². The van der Waals surface area contributed by atoms with E-state index in [1.54, 1.807) is 0 Å². The minimum absolute atomic E-state index is 0.0561. The van der Waals surface area contributed by atoms with Gasteiger partial charge in [-0.3, -0.25) is 14.5 Å². The Labute approximate surface area is 151 Å². The average molecular weight is 345 g/mol. The van der Waals surface area contributed by atoms with Gasteiger partial charge in [-0.05, 0) is 50.9 Å². The van der Waals surface area contributed by atoms with Crippen LogP contribution in [0.25, 0.3) is 0 Å². The predicted molar refractivity (Wildman–Crippen MR) is 100 cm³/mol. The van der Waals surface area contributed by atoms with E-state index in [0.29, 0.717) is 18.9 Å². The smallest absolute Gasteiger partial charge is 0.241 e. The maximum Gasteiger partial charge on any atom is 0.241 e. The fourth-order valence-electron chi connectivity index (χ4n) is 3.35. The Kier molecular flexibility index (Phi) is 7.00. The number of rotatable bonds is 6. The van der Waals surface area contributed by atoms with Gasteiger partial charge in [0.25, 0.3) is 0 Å². The van der Waals surface area contributed by atoms with Gasteiger partial charge in [0.2, 0.25) is 11.8 Å². The van der Waals surface area contributed by atoms with Gasteiger partial charge in [0.15, 0.2) is 0 Å². The van der Waals surface area contributed by atoms with Crippen molar-refractivity contribution in [2.24, 2.45) is 5.92 Å². The molecule has 0 aromatic heterocycles. The van der Waals surface area contributed by atoms with E-state index < -0.39 is 0 Å². The van der Waals surface area contributed by atoms with Gasteiger partial charge in [0.05, 0.1) is 0 Å². The Hall–Kier alpha value is -1.88. The van der Waals surface area contributed by atoms with Crippen LogP contribution in [0.1, 0.15) is 43.4 Å². The lowest BCUT2D eigenvalue weighted by Crippen LogP contribution is -2.41. The minimum atomic E-state index is -0.341. The zero-order valence-electron chi connectivity index (χ0n) is 15.9. The number of carbonyl (C=O) groups excluding carboxylic acids is 2. The van der Waals surface area contributed by atoms with Crippen molar-refractivity contribution in [2.75, 3.05) is 33.7 Å². The fraction of sp³-hybridized carbons (Fsp3) is 0.600. The van der Waals surface area contributed by atoms with E-state index >= 15 is 0 Å². The highest BCUT2D eigenvalue weighted by atomic mass is 16.2. The number of hydrogen-bond donors (Lipinski definition) is 1. The Balaban J connectivity index is 1.87. The lowest BCUT2D eigenvalue weighted by Gasteiger charge is -2.30. The first-order valence-electron chi connectivity index (χ1n) is 9.17. The number of likely N-dealkylation sites (N-methyl/N-ethyl adjacent to an activating group) is 1. The third-order valence-corrected chi connectivity index (χ3v) is 5.02. The van der Waals surface area contributed by atoms with Crippen LogP contribution in [-0.4, -0.2) is 55.3 Å². The zero-order valence-corrected chi connectivity index (χ0v) is 15.9. The lowest BCUT2D eigenvalue weighted by atomic mass is 9.99. The molecule has 1 heterocycles. The zero-order chi connectivity index (χ0) is 18.4. The Morgan fingerprint density at radius 3 is 2.48 bits per heavy atom. The normalized spacial score (nSPS) is 16.8. The summed E-state index contributed by atoms with van der Waals surface area (Å²) in [6.45, 7) is 6.32. The molecule has 1 aromatic carbocycles. The first kappa shape index (κ1) is 19.4. The summed E-state index contributed by atoms with van der Waals surface area (Å²) in [5.41, 5.74) is 2.09. The molecule has 1 unspecified atom stereocenters. The molecule has 1 aliphatic rings. The van der Waals surface area contributed by atoms with Crippen LogP contribution >= 0.6 is 0 Å². The quantitative estimate of drug-likeness (QED) is 0.861. The molecular weight excluding hydrogens is 314 g/mol. The van der Waals surface area contributed by atoms with E-state index in [4.69, 9.17) is 0 Å². The van der Waals surface area contributed by atoms with Gasteiger partial charge in [-0.1, -0.05) is 31.2 Å². The maximum atomic E-state index is 12.7. The van der Waals surface area contributed by atoms with Crippen LogP contribution in [0.4, 0.5) is 0 Å². The fourth-order valence-corrected chi connectivity index (χ4v) is 3.35. The summed E-state index contributed by atoms with van der Waals surface area (Å²) >= 11 is 0. The first-order valence-corrected chi connectivity index (χ1v) is 9.17. The molecule has 5 heteroatoms. The van der Waals surface area contributed by atoms with Crippen molar-refractivity contribution >= 4 is 11.8 Å². The SMILES string of the molecule is Cc1ccccc1C(C(=O)NCCC(=O)N1CCC(C)CC1)N(C)C. The van der Waals surface area contributed by atoms with Gasteiger partial charge in [-0.15, -0.1) is 0 Å². The molecule has 2 amide bonds. The highest BCUT2D eigenvalue weighted by Crippen LogP contribution is 2.22. The maximum absolute atomic E-state index is 12.7. The number of nitrogens with one attached hydrogen (secondary N) is 1. The van der Waals surface area contributed by atoms with Crippen molar-refractivity contribution in [1.82, 2.24) is 15.1 Å². The largest absolute Gasteiger partial charge is 0.354 e. The minimum Gasteiger partial charge on any atom is -0.354 e. The highest BCUT2D eigenvalue weighted by molar-refractivity contribution is 5.84. The number of amides is 2. The van der Waals surface area contributed by atoms with E-state index in [9.17, 15) is 9.59 Å². The number of aryl methyl sites for hydroxylation is 1. The number of benzene rings is 1. The molecular formula is C20H31N3O2. The third kappa shape index (κ3) is 5.30. The number of piperidine rings is 1. The second kappa shape index (κ2) is 8.99. The Bertz CT molecular complexity index is 592. The Morgan fingerprint density at radius 1 is 1.24 bits per heavy atom. The molecule has 2 rings (SSSR count). The average Bonchev–Trinajstić information content (AvgIpc) is 2.57. The van der Waals surface area contributed by atoms with Gasteiger partial charge in [-0.2, -0.15) is 0 Å². The third-order valence-electron chi connectivity index (χ3n) is 5.02. The van der Waals surface area contributed by atoms with Crippen LogP contribution in [0.2, 0.25) is 0 Å². The molecule has 0 radical (unpaired) electrons. The molecule has 1 aliphatic heterocycles. The Morgan fingerprint density at radius 2 is 1.88 bits per heavy atom. The summed E-state index contributed by atoms with van der Waals surface area (Å²) in [5, 5.41) is 2.94. The molecule has 0 bridgehead atoms. The number of carbonyl (C=O) groups is 2.